The van der Waals surface area contributed by atoms with Gasteiger partial charge >= 0.3 is 0 Å². The van der Waals surface area contributed by atoms with Crippen LogP contribution in [0.1, 0.15) is 43.7 Å². The van der Waals surface area contributed by atoms with E-state index in [1.807, 2.05) is 0 Å². The van der Waals surface area contributed by atoms with E-state index in [4.69, 9.17) is 0 Å². The second-order valence-electron chi connectivity index (χ2n) is 5.50. The Morgan fingerprint density at radius 3 is 2.50 bits per heavy atom. The van der Waals surface area contributed by atoms with E-state index in [2.05, 4.69) is 68.0 Å². The van der Waals surface area contributed by atoms with Gasteiger partial charge in [-0.05, 0) is 35.1 Å². The predicted molar refractivity (Wildman–Crippen MR) is 87.4 cm³/mol. The average Bonchev–Trinajstić information content (AvgIpc) is 2.91. The van der Waals surface area contributed by atoms with Crippen LogP contribution in [0.25, 0.3) is 17.2 Å². The monoisotopic (exact) mass is 261 g/mol. The van der Waals surface area contributed by atoms with Gasteiger partial charge < -0.3 is 0 Å². The topological polar surface area (TPSA) is 0 Å². The molecule has 0 spiro atoms. The van der Waals surface area contributed by atoms with Crippen LogP contribution >= 0.6 is 0 Å². The Bertz CT molecular complexity index is 605. The minimum absolute atomic E-state index is 1.21. The van der Waals surface area contributed by atoms with Crippen LogP contribution in [0.2, 0.25) is 0 Å². The fourth-order valence-corrected chi connectivity index (χ4v) is 2.89. The van der Waals surface area contributed by atoms with Gasteiger partial charge in [-0.15, -0.1) is 0 Å². The molecule has 0 heteroatoms. The Kier molecular flexibility index (Phi) is 4.01. The van der Waals surface area contributed by atoms with Crippen molar-refractivity contribution < 1.29 is 0 Å². The van der Waals surface area contributed by atoms with Gasteiger partial charge in [-0.2, -0.15) is 0 Å². The summed E-state index contributed by atoms with van der Waals surface area (Å²) in [6.07, 6.45) is 9.86. The maximum atomic E-state index is 2.38. The van der Waals surface area contributed by atoms with Gasteiger partial charge in [0.05, 0.1) is 0 Å². The van der Waals surface area contributed by atoms with Gasteiger partial charge in [0.1, 0.15) is 0 Å². The van der Waals surface area contributed by atoms with E-state index in [1.165, 1.54) is 53.5 Å². The lowest BCUT2D eigenvalue weighted by Gasteiger charge is -2.07. The highest BCUT2D eigenvalue weighted by Crippen LogP contribution is 2.36. The number of unbranched alkanes of at least 4 members (excludes halogenated alkanes) is 2. The molecule has 1 aliphatic rings. The van der Waals surface area contributed by atoms with Crippen LogP contribution in [0.4, 0.5) is 0 Å². The highest BCUT2D eigenvalue weighted by atomic mass is 14.2. The summed E-state index contributed by atoms with van der Waals surface area (Å²) in [5.74, 6) is 0. The van der Waals surface area contributed by atoms with Gasteiger partial charge in [-0.25, -0.2) is 0 Å². The number of hydrogen-bond donors (Lipinski definition) is 0. The Labute approximate surface area is 122 Å². The van der Waals surface area contributed by atoms with Crippen molar-refractivity contribution in [3.05, 3.63) is 71.7 Å². The Morgan fingerprint density at radius 2 is 1.70 bits per heavy atom. The van der Waals surface area contributed by atoms with E-state index in [1.54, 1.807) is 0 Å². The Morgan fingerprint density at radius 1 is 0.850 bits per heavy atom. The smallest absolute Gasteiger partial charge is 0.0164 e. The molecule has 101 valence electrons. The lowest BCUT2D eigenvalue weighted by atomic mass is 9.97. The molecule has 0 heterocycles. The van der Waals surface area contributed by atoms with Gasteiger partial charge in [-0.3, -0.25) is 0 Å². The molecule has 0 unspecified atom stereocenters. The third-order valence-corrected chi connectivity index (χ3v) is 3.96. The summed E-state index contributed by atoms with van der Waals surface area (Å²) in [5.41, 5.74) is 6.91. The molecule has 2 aromatic rings. The van der Waals surface area contributed by atoms with E-state index in [-0.39, 0.29) is 0 Å². The fourth-order valence-electron chi connectivity index (χ4n) is 2.89. The van der Waals surface area contributed by atoms with E-state index in [0.717, 1.165) is 0 Å². The van der Waals surface area contributed by atoms with Crippen molar-refractivity contribution in [1.29, 1.82) is 0 Å². The predicted octanol–water partition coefficient (Wildman–Crippen LogP) is 5.88. The molecule has 0 amide bonds. The summed E-state index contributed by atoms with van der Waals surface area (Å²) in [6.45, 7) is 2.26. The first-order valence-corrected chi connectivity index (χ1v) is 7.62. The summed E-state index contributed by atoms with van der Waals surface area (Å²) in [4.78, 5) is 0. The number of allylic oxidation sites excluding steroid dienone is 1. The van der Waals surface area contributed by atoms with Gasteiger partial charge in [0.25, 0.3) is 0 Å². The fraction of sp³-hybridized carbons (Fsp3) is 0.250. The molecule has 0 atom stereocenters. The Balaban J connectivity index is 1.88. The normalized spacial score (nSPS) is 13.2. The van der Waals surface area contributed by atoms with Crippen LogP contribution in [0, 0.1) is 6.42 Å². The van der Waals surface area contributed by atoms with Gasteiger partial charge in [-0.1, -0.05) is 79.9 Å². The molecular formula is C20H21. The van der Waals surface area contributed by atoms with E-state index >= 15 is 0 Å². The van der Waals surface area contributed by atoms with Crippen LogP contribution in [0.3, 0.4) is 0 Å². The second kappa shape index (κ2) is 6.09. The molecule has 0 fully saturated rings. The molecule has 0 N–H and O–H groups in total. The first kappa shape index (κ1) is 13.2. The first-order chi connectivity index (χ1) is 9.88. The summed E-state index contributed by atoms with van der Waals surface area (Å²) in [5, 5.41) is 0. The minimum Gasteiger partial charge on any atom is -0.0654 e. The van der Waals surface area contributed by atoms with Gasteiger partial charge in [0.15, 0.2) is 0 Å². The van der Waals surface area contributed by atoms with Crippen molar-refractivity contribution in [1.82, 2.24) is 0 Å². The van der Waals surface area contributed by atoms with Crippen LogP contribution < -0.4 is 0 Å². The van der Waals surface area contributed by atoms with E-state index in [9.17, 15) is 0 Å². The third-order valence-electron chi connectivity index (χ3n) is 3.96. The van der Waals surface area contributed by atoms with Crippen LogP contribution in [-0.2, 0) is 0 Å². The number of hydrogen-bond acceptors (Lipinski definition) is 0. The molecule has 1 radical (unpaired) electrons. The summed E-state index contributed by atoms with van der Waals surface area (Å²) in [7, 11) is 0. The molecule has 2 aromatic carbocycles. The zero-order chi connectivity index (χ0) is 13.8. The summed E-state index contributed by atoms with van der Waals surface area (Å²) in [6, 6.07) is 17.3. The quantitative estimate of drug-likeness (QED) is 0.589. The van der Waals surface area contributed by atoms with Gasteiger partial charge in [0, 0.05) is 6.42 Å². The lowest BCUT2D eigenvalue weighted by Crippen LogP contribution is -1.86. The highest BCUT2D eigenvalue weighted by molar-refractivity contribution is 5.83. The van der Waals surface area contributed by atoms with Crippen LogP contribution in [-0.4, -0.2) is 0 Å². The molecular weight excluding hydrogens is 240 g/mol. The van der Waals surface area contributed by atoms with Crippen molar-refractivity contribution in [2.24, 2.45) is 0 Å². The van der Waals surface area contributed by atoms with Crippen molar-refractivity contribution in [3.63, 3.8) is 0 Å². The highest BCUT2D eigenvalue weighted by Gasteiger charge is 2.16. The maximum Gasteiger partial charge on any atom is 0.0164 e. The molecule has 0 saturated carbocycles. The number of benzene rings is 2. The molecule has 0 saturated heterocycles. The first-order valence-electron chi connectivity index (χ1n) is 7.62. The molecule has 0 aliphatic heterocycles. The molecule has 0 aromatic heterocycles. The van der Waals surface area contributed by atoms with E-state index in [0.29, 0.717) is 0 Å². The molecule has 3 rings (SSSR count). The summed E-state index contributed by atoms with van der Waals surface area (Å²) >= 11 is 0. The van der Waals surface area contributed by atoms with Crippen molar-refractivity contribution in [2.45, 2.75) is 32.6 Å². The van der Waals surface area contributed by atoms with Crippen LogP contribution in [0.5, 0.6) is 0 Å². The second-order valence-corrected chi connectivity index (χ2v) is 5.50. The third kappa shape index (κ3) is 2.70. The SMILES string of the molecule is CCCCCC1=Cc2c(cccc2-c2ccccc2)[CH]1. The van der Waals surface area contributed by atoms with Gasteiger partial charge in [0.2, 0.25) is 0 Å². The molecule has 1 aliphatic carbocycles. The van der Waals surface area contributed by atoms with Crippen molar-refractivity contribution in [2.75, 3.05) is 0 Å². The largest absolute Gasteiger partial charge is 0.0654 e. The standard InChI is InChI=1S/C20H21/c1-2-3-5-9-16-14-18-12-8-13-19(20(18)15-16)17-10-6-4-7-11-17/h4,6-8,10-15H,2-3,5,9H2,1H3. The zero-order valence-corrected chi connectivity index (χ0v) is 12.1. The molecule has 20 heavy (non-hydrogen) atoms. The van der Waals surface area contributed by atoms with Crippen molar-refractivity contribution in [3.8, 4) is 11.1 Å². The number of rotatable bonds is 5. The lowest BCUT2D eigenvalue weighted by molar-refractivity contribution is 0.719. The average molecular weight is 261 g/mol. The number of fused-ring (bicyclic) bond motifs is 1. The summed E-state index contributed by atoms with van der Waals surface area (Å²) < 4.78 is 0. The van der Waals surface area contributed by atoms with Crippen LogP contribution in [0.15, 0.2) is 54.1 Å². The zero-order valence-electron chi connectivity index (χ0n) is 12.1. The van der Waals surface area contributed by atoms with Crippen molar-refractivity contribution >= 4 is 6.08 Å². The Hall–Kier alpha value is -1.82. The molecule has 0 bridgehead atoms. The molecule has 0 nitrogen and oxygen atoms in total. The van der Waals surface area contributed by atoms with E-state index < -0.39 is 0 Å². The maximum absolute atomic E-state index is 2.38. The minimum atomic E-state index is 1.21.